The maximum absolute atomic E-state index is 12.4. The van der Waals surface area contributed by atoms with Gasteiger partial charge >= 0.3 is 0 Å². The van der Waals surface area contributed by atoms with Crippen molar-refractivity contribution in [3.8, 4) is 11.5 Å². The monoisotopic (exact) mass is 334 g/mol. The average Bonchev–Trinajstić information content (AvgIpc) is 3.03. The second-order valence-corrected chi connectivity index (χ2v) is 6.39. The number of nitrogens with zero attached hydrogens (tertiary/aromatic N) is 1. The van der Waals surface area contributed by atoms with Crippen LogP contribution in [-0.2, 0) is 4.79 Å². The fourth-order valence-corrected chi connectivity index (χ4v) is 2.80. The van der Waals surface area contributed by atoms with Crippen molar-refractivity contribution < 1.29 is 9.21 Å². The predicted octanol–water partition coefficient (Wildman–Crippen LogP) is 5.09. The highest BCUT2D eigenvalue weighted by Crippen LogP contribution is 2.26. The van der Waals surface area contributed by atoms with Gasteiger partial charge in [-0.2, -0.15) is 0 Å². The van der Waals surface area contributed by atoms with Gasteiger partial charge in [0.05, 0.1) is 5.69 Å². The standard InChI is InChI=1S/C21H22N2O2/c1-14-9-10-18(12-19(14)21-22-16(3)13-25-21)23-20(24)11-15(2)17-7-5-4-6-8-17/h4-10,12-13,15H,11H2,1-3H3,(H,23,24)/t15-/m1/s1. The van der Waals surface area contributed by atoms with E-state index in [1.807, 2.05) is 62.4 Å². The highest BCUT2D eigenvalue weighted by molar-refractivity contribution is 5.92. The SMILES string of the molecule is Cc1coc(-c2cc(NC(=O)C[C@@H](C)c3ccccc3)ccc2C)n1. The van der Waals surface area contributed by atoms with Gasteiger partial charge in [-0.05, 0) is 43.0 Å². The summed E-state index contributed by atoms with van der Waals surface area (Å²) >= 11 is 0. The zero-order valence-corrected chi connectivity index (χ0v) is 14.7. The maximum atomic E-state index is 12.4. The Kier molecular flexibility index (Phi) is 4.98. The van der Waals surface area contributed by atoms with E-state index >= 15 is 0 Å². The molecule has 1 aromatic heterocycles. The highest BCUT2D eigenvalue weighted by atomic mass is 16.3. The normalized spacial score (nSPS) is 12.0. The molecule has 0 saturated carbocycles. The summed E-state index contributed by atoms with van der Waals surface area (Å²) in [5, 5.41) is 2.98. The number of nitrogens with one attached hydrogen (secondary N) is 1. The van der Waals surface area contributed by atoms with Gasteiger partial charge in [0.25, 0.3) is 0 Å². The van der Waals surface area contributed by atoms with E-state index in [2.05, 4.69) is 17.2 Å². The molecule has 0 aliphatic carbocycles. The first kappa shape index (κ1) is 17.0. The van der Waals surface area contributed by atoms with Crippen LogP contribution < -0.4 is 5.32 Å². The van der Waals surface area contributed by atoms with Gasteiger partial charge < -0.3 is 9.73 Å². The van der Waals surface area contributed by atoms with E-state index < -0.39 is 0 Å². The summed E-state index contributed by atoms with van der Waals surface area (Å²) < 4.78 is 5.49. The number of carbonyl (C=O) groups excluding carboxylic acids is 1. The van der Waals surface area contributed by atoms with E-state index in [1.165, 1.54) is 0 Å². The van der Waals surface area contributed by atoms with E-state index in [1.54, 1.807) is 6.26 Å². The molecule has 4 heteroatoms. The summed E-state index contributed by atoms with van der Waals surface area (Å²) in [6.07, 6.45) is 2.06. The molecular formula is C21H22N2O2. The van der Waals surface area contributed by atoms with Gasteiger partial charge in [0.15, 0.2) is 0 Å². The average molecular weight is 334 g/mol. The van der Waals surface area contributed by atoms with E-state index in [9.17, 15) is 4.79 Å². The molecule has 1 atom stereocenters. The molecule has 0 aliphatic rings. The topological polar surface area (TPSA) is 55.1 Å². The number of anilines is 1. The third-order valence-electron chi connectivity index (χ3n) is 4.23. The first-order chi connectivity index (χ1) is 12.0. The molecule has 0 unspecified atom stereocenters. The third kappa shape index (κ3) is 4.15. The molecule has 4 nitrogen and oxygen atoms in total. The second-order valence-electron chi connectivity index (χ2n) is 6.39. The van der Waals surface area contributed by atoms with E-state index in [0.29, 0.717) is 12.3 Å². The lowest BCUT2D eigenvalue weighted by molar-refractivity contribution is -0.116. The number of hydrogen-bond donors (Lipinski definition) is 1. The molecule has 1 N–H and O–H groups in total. The largest absolute Gasteiger partial charge is 0.444 e. The lowest BCUT2D eigenvalue weighted by atomic mass is 9.97. The molecule has 2 aromatic carbocycles. The van der Waals surface area contributed by atoms with Gasteiger partial charge in [-0.25, -0.2) is 4.98 Å². The summed E-state index contributed by atoms with van der Waals surface area (Å²) in [5.41, 5.74) is 4.69. The van der Waals surface area contributed by atoms with Crippen LogP contribution in [0.1, 0.15) is 36.1 Å². The number of hydrogen-bond acceptors (Lipinski definition) is 3. The predicted molar refractivity (Wildman–Crippen MR) is 99.5 cm³/mol. The van der Waals surface area contributed by atoms with Crippen molar-refractivity contribution in [2.45, 2.75) is 33.1 Å². The number of aryl methyl sites for hydroxylation is 2. The van der Waals surface area contributed by atoms with Crippen LogP contribution in [0.15, 0.2) is 59.2 Å². The molecule has 25 heavy (non-hydrogen) atoms. The van der Waals surface area contributed by atoms with Crippen LogP contribution in [0, 0.1) is 13.8 Å². The second kappa shape index (κ2) is 7.34. The summed E-state index contributed by atoms with van der Waals surface area (Å²) in [6, 6.07) is 15.8. The van der Waals surface area contributed by atoms with Crippen LogP contribution >= 0.6 is 0 Å². The van der Waals surface area contributed by atoms with Crippen molar-refractivity contribution in [1.29, 1.82) is 0 Å². The molecule has 128 valence electrons. The summed E-state index contributed by atoms with van der Waals surface area (Å²) in [5.74, 6) is 0.735. The minimum atomic E-state index is -0.00487. The molecule has 1 amide bonds. The van der Waals surface area contributed by atoms with Crippen LogP contribution in [0.4, 0.5) is 5.69 Å². The molecule has 0 fully saturated rings. The van der Waals surface area contributed by atoms with E-state index in [-0.39, 0.29) is 11.8 Å². The van der Waals surface area contributed by atoms with Crippen molar-refractivity contribution >= 4 is 11.6 Å². The Morgan fingerprint density at radius 1 is 1.16 bits per heavy atom. The number of aromatic nitrogens is 1. The Morgan fingerprint density at radius 3 is 2.60 bits per heavy atom. The van der Waals surface area contributed by atoms with Crippen LogP contribution in [0.25, 0.3) is 11.5 Å². The minimum absolute atomic E-state index is 0.00487. The number of carbonyl (C=O) groups is 1. The van der Waals surface area contributed by atoms with Gasteiger partial charge in [0, 0.05) is 17.7 Å². The smallest absolute Gasteiger partial charge is 0.226 e. The number of rotatable bonds is 5. The quantitative estimate of drug-likeness (QED) is 0.707. The highest BCUT2D eigenvalue weighted by Gasteiger charge is 2.13. The third-order valence-corrected chi connectivity index (χ3v) is 4.23. The first-order valence-electron chi connectivity index (χ1n) is 8.41. The first-order valence-corrected chi connectivity index (χ1v) is 8.41. The lowest BCUT2D eigenvalue weighted by Gasteiger charge is -2.13. The fourth-order valence-electron chi connectivity index (χ4n) is 2.80. The Labute approximate surface area is 147 Å². The molecule has 0 radical (unpaired) electrons. The molecular weight excluding hydrogens is 312 g/mol. The molecule has 0 bridgehead atoms. The van der Waals surface area contributed by atoms with Crippen LogP contribution in [0.3, 0.4) is 0 Å². The summed E-state index contributed by atoms with van der Waals surface area (Å²) in [7, 11) is 0. The Balaban J connectivity index is 1.71. The van der Waals surface area contributed by atoms with Crippen LogP contribution in [0.5, 0.6) is 0 Å². The fraction of sp³-hybridized carbons (Fsp3) is 0.238. The van der Waals surface area contributed by atoms with Crippen molar-refractivity contribution in [1.82, 2.24) is 4.98 Å². The van der Waals surface area contributed by atoms with Gasteiger partial charge in [0.1, 0.15) is 6.26 Å². The van der Waals surface area contributed by atoms with Gasteiger partial charge in [-0.1, -0.05) is 43.3 Å². The molecule has 1 heterocycles. The molecule has 0 spiro atoms. The van der Waals surface area contributed by atoms with Crippen molar-refractivity contribution in [3.05, 3.63) is 71.6 Å². The summed E-state index contributed by atoms with van der Waals surface area (Å²) in [6.45, 7) is 5.95. The Hall–Kier alpha value is -2.88. The number of benzene rings is 2. The van der Waals surface area contributed by atoms with Gasteiger partial charge in [-0.15, -0.1) is 0 Å². The zero-order chi connectivity index (χ0) is 17.8. The van der Waals surface area contributed by atoms with Crippen LogP contribution in [0.2, 0.25) is 0 Å². The summed E-state index contributed by atoms with van der Waals surface area (Å²) in [4.78, 5) is 16.8. The van der Waals surface area contributed by atoms with Gasteiger partial charge in [0.2, 0.25) is 11.8 Å². The molecule has 3 rings (SSSR count). The van der Waals surface area contributed by atoms with Crippen molar-refractivity contribution in [3.63, 3.8) is 0 Å². The maximum Gasteiger partial charge on any atom is 0.226 e. The van der Waals surface area contributed by atoms with Crippen molar-refractivity contribution in [2.24, 2.45) is 0 Å². The Morgan fingerprint density at radius 2 is 1.92 bits per heavy atom. The lowest BCUT2D eigenvalue weighted by Crippen LogP contribution is -2.14. The minimum Gasteiger partial charge on any atom is -0.444 e. The zero-order valence-electron chi connectivity index (χ0n) is 14.7. The molecule has 3 aromatic rings. The van der Waals surface area contributed by atoms with Crippen LogP contribution in [-0.4, -0.2) is 10.9 Å². The number of oxazole rings is 1. The number of amides is 1. The van der Waals surface area contributed by atoms with Gasteiger partial charge in [-0.3, -0.25) is 4.79 Å². The van der Waals surface area contributed by atoms with E-state index in [0.717, 1.165) is 28.1 Å². The Bertz CT molecular complexity index is 869. The molecule has 0 saturated heterocycles. The molecule has 0 aliphatic heterocycles. The van der Waals surface area contributed by atoms with E-state index in [4.69, 9.17) is 4.42 Å². The van der Waals surface area contributed by atoms with Crippen molar-refractivity contribution in [2.75, 3.05) is 5.32 Å².